The van der Waals surface area contributed by atoms with Gasteiger partial charge >= 0.3 is 6.80 Å². The molecule has 0 aliphatic carbocycles. The van der Waals surface area contributed by atoms with Crippen molar-refractivity contribution in [1.82, 2.24) is 0 Å². The molecule has 0 amide bonds. The Morgan fingerprint density at radius 1 is 1.15 bits per heavy atom. The van der Waals surface area contributed by atoms with Gasteiger partial charge in [0.1, 0.15) is 0 Å². The number of hydrogen-bond donors (Lipinski definition) is 0. The van der Waals surface area contributed by atoms with Gasteiger partial charge in [-0.25, -0.2) is 4.57 Å². The maximum Gasteiger partial charge on any atom is 0.390 e. The molecule has 0 heterocycles. The Kier molecular flexibility index (Phi) is 6.46. The van der Waals surface area contributed by atoms with Crippen molar-refractivity contribution in [3.05, 3.63) is 35.9 Å². The quantitative estimate of drug-likeness (QED) is 0.520. The third-order valence-electron chi connectivity index (χ3n) is 2.50. The first-order valence-corrected chi connectivity index (χ1v) is 9.51. The number of carbonyl (C=O) groups is 1. The molecule has 0 N–H and O–H groups in total. The maximum absolute atomic E-state index is 12.5. The fraction of sp³-hybridized carbons (Fsp3) is 0.500. The molecule has 0 aliphatic heterocycles. The van der Waals surface area contributed by atoms with Crippen molar-refractivity contribution in [2.24, 2.45) is 0 Å². The second-order valence-corrected chi connectivity index (χ2v) is 9.08. The summed E-state index contributed by atoms with van der Waals surface area (Å²) in [4.78, 5) is 12.5. The van der Waals surface area contributed by atoms with E-state index in [1.165, 1.54) is 0 Å². The number of Topliss-reactive ketones (excluding diaryl/α,β-unsaturated/α-hetero) is 1. The smallest absolute Gasteiger partial charge is 0.301 e. The molecule has 0 radical (unpaired) electrons. The highest BCUT2D eigenvalue weighted by Gasteiger charge is 2.39. The fourth-order valence-electron chi connectivity index (χ4n) is 1.66. The first-order valence-electron chi connectivity index (χ1n) is 6.54. The van der Waals surface area contributed by atoms with Crippen molar-refractivity contribution in [3.8, 4) is 0 Å². The Bertz CT molecular complexity index is 477. The minimum atomic E-state index is -3.32. The fourth-order valence-corrected chi connectivity index (χ4v) is 6.11. The van der Waals surface area contributed by atoms with Crippen LogP contribution in [0.5, 0.6) is 0 Å². The van der Waals surface area contributed by atoms with Crippen LogP contribution in [0.4, 0.5) is 0 Å². The summed E-state index contributed by atoms with van der Waals surface area (Å²) in [5.41, 5.74) is 0.588. The summed E-state index contributed by atoms with van der Waals surface area (Å²) in [7, 11) is 0. The van der Waals surface area contributed by atoms with Gasteiger partial charge in [0.25, 0.3) is 0 Å². The molecule has 0 atom stereocenters. The molecule has 0 bridgehead atoms. The van der Waals surface area contributed by atoms with Gasteiger partial charge in [0.05, 0.1) is 18.0 Å². The third kappa shape index (κ3) is 4.74. The summed E-state index contributed by atoms with van der Waals surface area (Å²) in [5, 5.41) is 0. The predicted octanol–water partition coefficient (Wildman–Crippen LogP) is 4.56. The van der Waals surface area contributed by atoms with E-state index in [-0.39, 0.29) is 19.0 Å². The SMILES string of the molecule is CCOP(=O)(OCC)SC(C)(C)C(=O)c1ccccc1. The van der Waals surface area contributed by atoms with E-state index in [9.17, 15) is 9.36 Å². The standard InChI is InChI=1S/C14H21O4PS/c1-5-17-19(16,18-6-2)20-14(3,4)13(15)12-10-8-7-9-11-12/h7-11H,5-6H2,1-4H3. The molecule has 1 rings (SSSR count). The lowest BCUT2D eigenvalue weighted by Crippen LogP contribution is -2.28. The molecule has 1 aromatic rings. The summed E-state index contributed by atoms with van der Waals surface area (Å²) in [5.74, 6) is -0.0947. The zero-order chi connectivity index (χ0) is 15.2. The molecule has 0 aromatic heterocycles. The molecule has 0 saturated heterocycles. The van der Waals surface area contributed by atoms with E-state index in [0.29, 0.717) is 5.56 Å². The highest BCUT2D eigenvalue weighted by molar-refractivity contribution is 8.56. The Morgan fingerprint density at radius 3 is 2.10 bits per heavy atom. The van der Waals surface area contributed by atoms with Crippen molar-refractivity contribution >= 4 is 24.0 Å². The Hall–Kier alpha value is -0.610. The normalized spacial score (nSPS) is 12.4. The Morgan fingerprint density at radius 2 is 1.65 bits per heavy atom. The highest BCUT2D eigenvalue weighted by Crippen LogP contribution is 2.65. The summed E-state index contributed by atoms with van der Waals surface area (Å²) in [6.07, 6.45) is 0. The van der Waals surface area contributed by atoms with Gasteiger partial charge in [-0.1, -0.05) is 30.3 Å². The van der Waals surface area contributed by atoms with Gasteiger partial charge < -0.3 is 9.05 Å². The van der Waals surface area contributed by atoms with Gasteiger partial charge in [-0.2, -0.15) is 0 Å². The largest absolute Gasteiger partial charge is 0.390 e. The van der Waals surface area contributed by atoms with E-state index >= 15 is 0 Å². The third-order valence-corrected chi connectivity index (χ3v) is 7.18. The second kappa shape index (κ2) is 7.41. The zero-order valence-electron chi connectivity index (χ0n) is 12.3. The minimum Gasteiger partial charge on any atom is -0.301 e. The van der Waals surface area contributed by atoms with Crippen LogP contribution in [0.1, 0.15) is 38.1 Å². The lowest BCUT2D eigenvalue weighted by Gasteiger charge is -2.26. The Labute approximate surface area is 124 Å². The number of benzene rings is 1. The molecule has 112 valence electrons. The molecule has 4 nitrogen and oxygen atoms in total. The lowest BCUT2D eigenvalue weighted by atomic mass is 10.0. The molecule has 0 aliphatic rings. The van der Waals surface area contributed by atoms with E-state index in [0.717, 1.165) is 11.4 Å². The van der Waals surface area contributed by atoms with Gasteiger partial charge in [-0.05, 0) is 39.1 Å². The van der Waals surface area contributed by atoms with Crippen molar-refractivity contribution in [2.45, 2.75) is 32.4 Å². The van der Waals surface area contributed by atoms with Crippen LogP contribution in [-0.2, 0) is 13.6 Å². The average Bonchev–Trinajstić information content (AvgIpc) is 2.38. The molecular weight excluding hydrogens is 295 g/mol. The molecule has 0 unspecified atom stereocenters. The second-order valence-electron chi connectivity index (χ2n) is 4.58. The monoisotopic (exact) mass is 316 g/mol. The summed E-state index contributed by atoms with van der Waals surface area (Å²) in [6, 6.07) is 8.95. The van der Waals surface area contributed by atoms with Crippen LogP contribution in [0.3, 0.4) is 0 Å². The van der Waals surface area contributed by atoms with Crippen LogP contribution >= 0.6 is 18.2 Å². The van der Waals surface area contributed by atoms with E-state index in [4.69, 9.17) is 9.05 Å². The predicted molar refractivity (Wildman–Crippen MR) is 83.3 cm³/mol. The molecular formula is C14H21O4PS. The lowest BCUT2D eigenvalue weighted by molar-refractivity contribution is 0.0958. The van der Waals surface area contributed by atoms with Gasteiger partial charge in [0, 0.05) is 5.56 Å². The van der Waals surface area contributed by atoms with Crippen molar-refractivity contribution in [1.29, 1.82) is 0 Å². The summed E-state index contributed by atoms with van der Waals surface area (Å²) >= 11 is 0.963. The molecule has 0 spiro atoms. The van der Waals surface area contributed by atoms with Gasteiger partial charge in [0.2, 0.25) is 0 Å². The van der Waals surface area contributed by atoms with E-state index in [1.54, 1.807) is 52.0 Å². The van der Waals surface area contributed by atoms with Crippen LogP contribution in [0.15, 0.2) is 30.3 Å². The number of carbonyl (C=O) groups excluding carboxylic acids is 1. The van der Waals surface area contributed by atoms with Crippen LogP contribution in [-0.4, -0.2) is 23.7 Å². The van der Waals surface area contributed by atoms with Crippen LogP contribution in [0.2, 0.25) is 0 Å². The summed E-state index contributed by atoms with van der Waals surface area (Å²) < 4.78 is 22.1. The first kappa shape index (κ1) is 17.4. The number of hydrogen-bond acceptors (Lipinski definition) is 5. The Balaban J connectivity index is 2.92. The van der Waals surface area contributed by atoms with Crippen LogP contribution in [0.25, 0.3) is 0 Å². The van der Waals surface area contributed by atoms with Crippen LogP contribution in [0, 0.1) is 0 Å². The van der Waals surface area contributed by atoms with E-state index in [1.807, 2.05) is 6.07 Å². The number of rotatable bonds is 8. The molecule has 0 saturated carbocycles. The molecule has 0 fully saturated rings. The average molecular weight is 316 g/mol. The van der Waals surface area contributed by atoms with Crippen molar-refractivity contribution in [3.63, 3.8) is 0 Å². The molecule has 20 heavy (non-hydrogen) atoms. The van der Waals surface area contributed by atoms with Crippen molar-refractivity contribution in [2.75, 3.05) is 13.2 Å². The van der Waals surface area contributed by atoms with Gasteiger partial charge in [-0.3, -0.25) is 4.79 Å². The van der Waals surface area contributed by atoms with E-state index in [2.05, 4.69) is 0 Å². The topological polar surface area (TPSA) is 52.6 Å². The highest BCUT2D eigenvalue weighted by atomic mass is 32.7. The van der Waals surface area contributed by atoms with E-state index < -0.39 is 11.5 Å². The van der Waals surface area contributed by atoms with Gasteiger partial charge in [0.15, 0.2) is 5.78 Å². The zero-order valence-corrected chi connectivity index (χ0v) is 14.0. The maximum atomic E-state index is 12.5. The molecule has 6 heteroatoms. The van der Waals surface area contributed by atoms with Crippen LogP contribution < -0.4 is 0 Å². The number of ketones is 1. The minimum absolute atomic E-state index is 0.0947. The summed E-state index contributed by atoms with van der Waals surface area (Å²) in [6.45, 7) is 4.20. The van der Waals surface area contributed by atoms with Crippen molar-refractivity contribution < 1.29 is 18.4 Å². The molecule has 1 aromatic carbocycles. The van der Waals surface area contributed by atoms with Gasteiger partial charge in [-0.15, -0.1) is 0 Å². The first-order chi connectivity index (χ1) is 9.34.